The number of ether oxygens (including phenoxy) is 1. The molecule has 0 atom stereocenters. The van der Waals surface area contributed by atoms with Gasteiger partial charge in [0.2, 0.25) is 0 Å². The lowest BCUT2D eigenvalue weighted by Crippen LogP contribution is -2.55. The number of thioether (sulfide) groups is 2. The minimum absolute atomic E-state index is 0. The van der Waals surface area contributed by atoms with Crippen LogP contribution in [-0.2, 0) is 4.74 Å². The molecule has 4 nitrogen and oxygen atoms in total. The van der Waals surface area contributed by atoms with E-state index in [9.17, 15) is 0 Å². The van der Waals surface area contributed by atoms with Crippen molar-refractivity contribution in [2.45, 2.75) is 54.4 Å². The van der Waals surface area contributed by atoms with Crippen LogP contribution in [0.4, 0.5) is 0 Å². The molecule has 0 aromatic rings. The second-order valence-electron chi connectivity index (χ2n) is 7.41. The zero-order valence-corrected chi connectivity index (χ0v) is 19.7. The summed E-state index contributed by atoms with van der Waals surface area (Å²) >= 11 is 4.22. The second kappa shape index (κ2) is 10.3. The summed E-state index contributed by atoms with van der Waals surface area (Å²) in [6.45, 7) is 5.09. The Labute approximate surface area is 179 Å². The molecule has 0 aromatic heterocycles. The maximum Gasteiger partial charge on any atom is 0.193 e. The monoisotopic (exact) mass is 499 g/mol. The molecule has 2 aliphatic heterocycles. The molecule has 0 radical (unpaired) electrons. The maximum atomic E-state index is 5.57. The van der Waals surface area contributed by atoms with Gasteiger partial charge in [0.15, 0.2) is 5.96 Å². The second-order valence-corrected chi connectivity index (χ2v) is 10.3. The number of guanidine groups is 1. The van der Waals surface area contributed by atoms with Crippen molar-refractivity contribution < 1.29 is 4.74 Å². The molecular formula is C18H34IN3OS2. The summed E-state index contributed by atoms with van der Waals surface area (Å²) in [6.07, 6.45) is 11.5. The molecule has 7 heteroatoms. The first kappa shape index (κ1) is 22.0. The molecule has 1 N–H and O–H groups in total. The highest BCUT2D eigenvalue weighted by atomic mass is 127. The van der Waals surface area contributed by atoms with Gasteiger partial charge in [0.05, 0.1) is 0 Å². The lowest BCUT2D eigenvalue weighted by Gasteiger charge is -2.46. The van der Waals surface area contributed by atoms with Crippen molar-refractivity contribution in [3.8, 4) is 0 Å². The highest BCUT2D eigenvalue weighted by Gasteiger charge is 2.39. The van der Waals surface area contributed by atoms with E-state index in [1.54, 1.807) is 0 Å². The number of halogens is 1. The quantitative estimate of drug-likeness (QED) is 0.363. The average molecular weight is 500 g/mol. The molecule has 1 aliphatic carbocycles. The third kappa shape index (κ3) is 5.57. The SMILES string of the molecule is CN=C(NCC1(SC)CCOCC1)N1CCSC2(CCCCC2)C1.I. The highest BCUT2D eigenvalue weighted by molar-refractivity contribution is 14.0. The van der Waals surface area contributed by atoms with E-state index in [1.165, 1.54) is 44.4 Å². The van der Waals surface area contributed by atoms with Gasteiger partial charge < -0.3 is 15.0 Å². The highest BCUT2D eigenvalue weighted by Crippen LogP contribution is 2.42. The summed E-state index contributed by atoms with van der Waals surface area (Å²) in [7, 11) is 1.94. The molecule has 146 valence electrons. The molecule has 3 fully saturated rings. The number of rotatable bonds is 3. The number of aliphatic imine (C=N–C) groups is 1. The summed E-state index contributed by atoms with van der Waals surface area (Å²) in [6, 6.07) is 0. The Hall–Kier alpha value is 0.660. The van der Waals surface area contributed by atoms with Gasteiger partial charge in [-0.15, -0.1) is 24.0 Å². The molecule has 0 unspecified atom stereocenters. The first-order valence-electron chi connectivity index (χ1n) is 9.43. The van der Waals surface area contributed by atoms with E-state index in [1.807, 2.05) is 18.8 Å². The van der Waals surface area contributed by atoms with Crippen LogP contribution in [0.1, 0.15) is 44.9 Å². The summed E-state index contributed by atoms with van der Waals surface area (Å²) in [5.74, 6) is 2.35. The van der Waals surface area contributed by atoms with Crippen molar-refractivity contribution >= 4 is 53.5 Å². The van der Waals surface area contributed by atoms with Gasteiger partial charge in [-0.05, 0) is 31.9 Å². The minimum atomic E-state index is 0. The summed E-state index contributed by atoms with van der Waals surface area (Å²) in [4.78, 5) is 7.14. The van der Waals surface area contributed by atoms with Crippen LogP contribution in [0.2, 0.25) is 0 Å². The Balaban J connectivity index is 0.00000225. The molecule has 2 heterocycles. The minimum Gasteiger partial charge on any atom is -0.381 e. The van der Waals surface area contributed by atoms with Crippen LogP contribution in [0, 0.1) is 0 Å². The molecule has 1 spiro atoms. The summed E-state index contributed by atoms with van der Waals surface area (Å²) in [5.41, 5.74) is 0. The molecule has 3 aliphatic rings. The van der Waals surface area contributed by atoms with E-state index in [-0.39, 0.29) is 24.0 Å². The van der Waals surface area contributed by atoms with E-state index in [0.29, 0.717) is 9.49 Å². The van der Waals surface area contributed by atoms with Gasteiger partial charge >= 0.3 is 0 Å². The van der Waals surface area contributed by atoms with Gasteiger partial charge in [-0.25, -0.2) is 0 Å². The van der Waals surface area contributed by atoms with Crippen LogP contribution in [0.25, 0.3) is 0 Å². The van der Waals surface area contributed by atoms with Crippen molar-refractivity contribution in [1.29, 1.82) is 0 Å². The maximum absolute atomic E-state index is 5.57. The van der Waals surface area contributed by atoms with Crippen molar-refractivity contribution in [1.82, 2.24) is 10.2 Å². The van der Waals surface area contributed by atoms with E-state index < -0.39 is 0 Å². The van der Waals surface area contributed by atoms with E-state index in [0.717, 1.165) is 45.1 Å². The van der Waals surface area contributed by atoms with Crippen LogP contribution >= 0.6 is 47.5 Å². The zero-order valence-electron chi connectivity index (χ0n) is 15.7. The number of hydrogen-bond donors (Lipinski definition) is 1. The van der Waals surface area contributed by atoms with Crippen molar-refractivity contribution in [3.63, 3.8) is 0 Å². The molecule has 1 saturated carbocycles. The smallest absolute Gasteiger partial charge is 0.193 e. The lowest BCUT2D eigenvalue weighted by molar-refractivity contribution is 0.0781. The third-order valence-corrected chi connectivity index (χ3v) is 8.89. The van der Waals surface area contributed by atoms with Crippen molar-refractivity contribution in [2.75, 3.05) is 51.9 Å². The molecule has 0 bridgehead atoms. The topological polar surface area (TPSA) is 36.9 Å². The van der Waals surface area contributed by atoms with Crippen molar-refractivity contribution in [3.05, 3.63) is 0 Å². The first-order chi connectivity index (χ1) is 11.7. The van der Waals surface area contributed by atoms with Crippen LogP contribution < -0.4 is 5.32 Å². The molecule has 2 saturated heterocycles. The van der Waals surface area contributed by atoms with Gasteiger partial charge in [0, 0.05) is 55.1 Å². The Kier molecular flexibility index (Phi) is 9.02. The lowest BCUT2D eigenvalue weighted by atomic mass is 9.87. The van der Waals surface area contributed by atoms with Crippen LogP contribution in [-0.4, -0.2) is 72.3 Å². The molecule has 0 amide bonds. The molecule has 0 aromatic carbocycles. The predicted octanol–water partition coefficient (Wildman–Crippen LogP) is 3.84. The fourth-order valence-corrected chi connectivity index (χ4v) is 6.65. The number of nitrogens with one attached hydrogen (secondary N) is 1. The van der Waals surface area contributed by atoms with Crippen LogP contribution in [0.3, 0.4) is 0 Å². The average Bonchev–Trinajstić information content (AvgIpc) is 2.64. The molecular weight excluding hydrogens is 465 g/mol. The normalized spacial score (nSPS) is 26.2. The van der Waals surface area contributed by atoms with Gasteiger partial charge in [0.1, 0.15) is 0 Å². The Bertz CT molecular complexity index is 433. The molecule has 25 heavy (non-hydrogen) atoms. The largest absolute Gasteiger partial charge is 0.381 e. The predicted molar refractivity (Wildman–Crippen MR) is 123 cm³/mol. The van der Waals surface area contributed by atoms with Crippen LogP contribution in [0.15, 0.2) is 4.99 Å². The standard InChI is InChI=1S/C18H33N3OS2.HI/c1-19-16(20-14-17(23-2)8-11-22-12-9-17)21-10-13-24-18(15-21)6-4-3-5-7-18;/h3-15H2,1-2H3,(H,19,20);1H. The van der Waals surface area contributed by atoms with Gasteiger partial charge in [-0.1, -0.05) is 19.3 Å². The fraction of sp³-hybridized carbons (Fsp3) is 0.944. The molecule has 3 rings (SSSR count). The summed E-state index contributed by atoms with van der Waals surface area (Å²) in [5, 5.41) is 3.71. The number of hydrogen-bond acceptors (Lipinski definition) is 4. The van der Waals surface area contributed by atoms with E-state index in [4.69, 9.17) is 4.74 Å². The van der Waals surface area contributed by atoms with Gasteiger partial charge in [0.25, 0.3) is 0 Å². The van der Waals surface area contributed by atoms with Crippen molar-refractivity contribution in [2.24, 2.45) is 4.99 Å². The third-order valence-electron chi connectivity index (χ3n) is 5.93. The van der Waals surface area contributed by atoms with Crippen LogP contribution in [0.5, 0.6) is 0 Å². The van der Waals surface area contributed by atoms with Gasteiger partial charge in [-0.3, -0.25) is 4.99 Å². The van der Waals surface area contributed by atoms with Gasteiger partial charge in [-0.2, -0.15) is 23.5 Å². The van der Waals surface area contributed by atoms with E-state index in [2.05, 4.69) is 33.2 Å². The number of nitrogens with zero attached hydrogens (tertiary/aromatic N) is 2. The zero-order chi connectivity index (χ0) is 16.9. The summed E-state index contributed by atoms with van der Waals surface area (Å²) < 4.78 is 6.36. The first-order valence-corrected chi connectivity index (χ1v) is 11.6. The Morgan fingerprint density at radius 1 is 1.20 bits per heavy atom. The fourth-order valence-electron chi connectivity index (χ4n) is 4.29. The Morgan fingerprint density at radius 2 is 1.92 bits per heavy atom. The Morgan fingerprint density at radius 3 is 2.56 bits per heavy atom. The van der Waals surface area contributed by atoms with E-state index >= 15 is 0 Å².